The van der Waals surface area contributed by atoms with Crippen molar-refractivity contribution >= 4 is 11.6 Å². The third-order valence-electron chi connectivity index (χ3n) is 3.67. The van der Waals surface area contributed by atoms with Crippen LogP contribution in [0.1, 0.15) is 23.0 Å². The molecule has 22 heavy (non-hydrogen) atoms. The first-order valence-electron chi connectivity index (χ1n) is 7.24. The molecule has 0 saturated heterocycles. The van der Waals surface area contributed by atoms with E-state index in [1.54, 1.807) is 0 Å². The maximum absolute atomic E-state index is 5.94. The quantitative estimate of drug-likeness (QED) is 0.773. The molecule has 0 aliphatic heterocycles. The molecule has 4 heteroatoms. The summed E-state index contributed by atoms with van der Waals surface area (Å²) in [4.78, 5) is 4.50. The van der Waals surface area contributed by atoms with Gasteiger partial charge in [0.1, 0.15) is 5.82 Å². The van der Waals surface area contributed by atoms with Gasteiger partial charge in [-0.05, 0) is 23.3 Å². The van der Waals surface area contributed by atoms with Crippen molar-refractivity contribution in [2.24, 2.45) is 7.05 Å². The van der Waals surface area contributed by atoms with E-state index in [0.717, 1.165) is 17.4 Å². The third-order valence-corrected chi connectivity index (χ3v) is 3.93. The number of hydrogen-bond donors (Lipinski definition) is 1. The van der Waals surface area contributed by atoms with Gasteiger partial charge in [0.15, 0.2) is 0 Å². The maximum atomic E-state index is 5.94. The van der Waals surface area contributed by atoms with E-state index in [0.29, 0.717) is 0 Å². The second kappa shape index (κ2) is 6.77. The molecule has 1 N–H and O–H groups in total. The summed E-state index contributed by atoms with van der Waals surface area (Å²) in [5.74, 6) is 1.00. The van der Waals surface area contributed by atoms with Crippen molar-refractivity contribution < 1.29 is 0 Å². The fraction of sp³-hybridized carbons (Fsp3) is 0.167. The molecule has 0 bridgehead atoms. The van der Waals surface area contributed by atoms with Gasteiger partial charge in [0.05, 0.1) is 6.04 Å². The fourth-order valence-electron chi connectivity index (χ4n) is 2.48. The molecule has 0 aliphatic rings. The predicted molar refractivity (Wildman–Crippen MR) is 89.8 cm³/mol. The van der Waals surface area contributed by atoms with E-state index in [4.69, 9.17) is 11.6 Å². The van der Waals surface area contributed by atoms with E-state index in [-0.39, 0.29) is 6.04 Å². The zero-order chi connectivity index (χ0) is 15.4. The molecule has 1 aromatic heterocycles. The summed E-state index contributed by atoms with van der Waals surface area (Å²) in [6, 6.07) is 18.3. The SMILES string of the molecule is Cn1ccnc1[C@@H](NCc1ccc(Cl)cc1)c1ccccc1. The van der Waals surface area contributed by atoms with Crippen molar-refractivity contribution in [3.05, 3.63) is 89.0 Å². The number of imidazole rings is 1. The molecule has 3 aromatic rings. The molecular weight excluding hydrogens is 294 g/mol. The van der Waals surface area contributed by atoms with Crippen molar-refractivity contribution in [3.8, 4) is 0 Å². The maximum Gasteiger partial charge on any atom is 0.130 e. The minimum absolute atomic E-state index is 0.0527. The van der Waals surface area contributed by atoms with Crippen LogP contribution < -0.4 is 5.32 Å². The van der Waals surface area contributed by atoms with Crippen LogP contribution in [0.5, 0.6) is 0 Å². The van der Waals surface area contributed by atoms with Gasteiger partial charge in [-0.2, -0.15) is 0 Å². The van der Waals surface area contributed by atoms with Crippen LogP contribution in [-0.2, 0) is 13.6 Å². The number of halogens is 1. The molecule has 1 atom stereocenters. The van der Waals surface area contributed by atoms with Gasteiger partial charge in [-0.25, -0.2) is 4.98 Å². The molecule has 112 valence electrons. The first kappa shape index (κ1) is 14.8. The lowest BCUT2D eigenvalue weighted by molar-refractivity contribution is 0.558. The lowest BCUT2D eigenvalue weighted by atomic mass is 10.1. The van der Waals surface area contributed by atoms with Gasteiger partial charge in [0.2, 0.25) is 0 Å². The first-order valence-corrected chi connectivity index (χ1v) is 7.62. The lowest BCUT2D eigenvalue weighted by Crippen LogP contribution is -2.24. The number of aromatic nitrogens is 2. The highest BCUT2D eigenvalue weighted by atomic mass is 35.5. The smallest absolute Gasteiger partial charge is 0.130 e. The van der Waals surface area contributed by atoms with Gasteiger partial charge in [0, 0.05) is 31.0 Å². The summed E-state index contributed by atoms with van der Waals surface area (Å²) in [7, 11) is 2.02. The lowest BCUT2D eigenvalue weighted by Gasteiger charge is -2.19. The zero-order valence-electron chi connectivity index (χ0n) is 12.4. The Labute approximate surface area is 135 Å². The average molecular weight is 312 g/mol. The Morgan fingerprint density at radius 2 is 1.82 bits per heavy atom. The van der Waals surface area contributed by atoms with E-state index in [2.05, 4.69) is 34.6 Å². The molecule has 0 amide bonds. The summed E-state index contributed by atoms with van der Waals surface area (Å²) in [6.07, 6.45) is 3.80. The van der Waals surface area contributed by atoms with Crippen LogP contribution in [0.3, 0.4) is 0 Å². The monoisotopic (exact) mass is 311 g/mol. The normalized spacial score (nSPS) is 12.3. The Balaban J connectivity index is 1.83. The largest absolute Gasteiger partial charge is 0.336 e. The van der Waals surface area contributed by atoms with E-state index in [9.17, 15) is 0 Å². The average Bonchev–Trinajstić information content (AvgIpc) is 2.97. The standard InChI is InChI=1S/C18H18ClN3/c1-22-12-11-20-18(22)17(15-5-3-2-4-6-15)21-13-14-7-9-16(19)10-8-14/h2-12,17,21H,13H2,1H3/t17-/m0/s1. The van der Waals surface area contributed by atoms with Crippen LogP contribution >= 0.6 is 11.6 Å². The molecule has 0 saturated carbocycles. The van der Waals surface area contributed by atoms with E-state index in [1.807, 2.05) is 54.3 Å². The highest BCUT2D eigenvalue weighted by Crippen LogP contribution is 2.21. The van der Waals surface area contributed by atoms with Gasteiger partial charge >= 0.3 is 0 Å². The Hall–Kier alpha value is -2.10. The van der Waals surface area contributed by atoms with Gasteiger partial charge in [-0.1, -0.05) is 54.1 Å². The van der Waals surface area contributed by atoms with Crippen LogP contribution in [0.4, 0.5) is 0 Å². The molecular formula is C18H18ClN3. The van der Waals surface area contributed by atoms with Crippen LogP contribution in [0.25, 0.3) is 0 Å². The van der Waals surface area contributed by atoms with Gasteiger partial charge < -0.3 is 4.57 Å². The van der Waals surface area contributed by atoms with E-state index >= 15 is 0 Å². The minimum Gasteiger partial charge on any atom is -0.336 e. The molecule has 2 aromatic carbocycles. The van der Waals surface area contributed by atoms with Crippen molar-refractivity contribution in [1.29, 1.82) is 0 Å². The summed E-state index contributed by atoms with van der Waals surface area (Å²) < 4.78 is 2.05. The Bertz CT molecular complexity index is 720. The zero-order valence-corrected chi connectivity index (χ0v) is 13.2. The van der Waals surface area contributed by atoms with Crippen LogP contribution in [0.15, 0.2) is 67.0 Å². The van der Waals surface area contributed by atoms with Crippen molar-refractivity contribution in [2.45, 2.75) is 12.6 Å². The van der Waals surface area contributed by atoms with Gasteiger partial charge in [-0.15, -0.1) is 0 Å². The van der Waals surface area contributed by atoms with E-state index in [1.165, 1.54) is 11.1 Å². The van der Waals surface area contributed by atoms with Crippen LogP contribution in [0, 0.1) is 0 Å². The van der Waals surface area contributed by atoms with Crippen molar-refractivity contribution in [2.75, 3.05) is 0 Å². The van der Waals surface area contributed by atoms with Gasteiger partial charge in [-0.3, -0.25) is 5.32 Å². The highest BCUT2D eigenvalue weighted by molar-refractivity contribution is 6.30. The predicted octanol–water partition coefficient (Wildman–Crippen LogP) is 3.95. The second-order valence-corrected chi connectivity index (χ2v) is 5.68. The van der Waals surface area contributed by atoms with Crippen LogP contribution in [-0.4, -0.2) is 9.55 Å². The summed E-state index contributed by atoms with van der Waals surface area (Å²) >= 11 is 5.94. The molecule has 3 rings (SSSR count). The number of nitrogens with one attached hydrogen (secondary N) is 1. The van der Waals surface area contributed by atoms with Gasteiger partial charge in [0.25, 0.3) is 0 Å². The molecule has 0 aliphatic carbocycles. The summed E-state index contributed by atoms with van der Waals surface area (Å²) in [5.41, 5.74) is 2.39. The Morgan fingerprint density at radius 3 is 2.45 bits per heavy atom. The first-order chi connectivity index (χ1) is 10.7. The molecule has 3 nitrogen and oxygen atoms in total. The molecule has 0 fully saturated rings. The number of benzene rings is 2. The second-order valence-electron chi connectivity index (χ2n) is 5.25. The molecule has 1 heterocycles. The Kier molecular flexibility index (Phi) is 4.56. The fourth-order valence-corrected chi connectivity index (χ4v) is 2.61. The number of aryl methyl sites for hydroxylation is 1. The van der Waals surface area contributed by atoms with Crippen LogP contribution in [0.2, 0.25) is 5.02 Å². The number of hydrogen-bond acceptors (Lipinski definition) is 2. The number of rotatable bonds is 5. The van der Waals surface area contributed by atoms with Crippen molar-refractivity contribution in [3.63, 3.8) is 0 Å². The summed E-state index contributed by atoms with van der Waals surface area (Å²) in [5, 5.41) is 4.35. The minimum atomic E-state index is 0.0527. The molecule has 0 unspecified atom stereocenters. The summed E-state index contributed by atoms with van der Waals surface area (Å²) in [6.45, 7) is 0.754. The molecule has 0 radical (unpaired) electrons. The topological polar surface area (TPSA) is 29.9 Å². The molecule has 0 spiro atoms. The van der Waals surface area contributed by atoms with E-state index < -0.39 is 0 Å². The van der Waals surface area contributed by atoms with Crippen molar-refractivity contribution in [1.82, 2.24) is 14.9 Å². The highest BCUT2D eigenvalue weighted by Gasteiger charge is 2.17. The number of nitrogens with zero attached hydrogens (tertiary/aromatic N) is 2. The Morgan fingerprint density at radius 1 is 1.09 bits per heavy atom. The third kappa shape index (κ3) is 3.38.